The molecule has 2 rings (SSSR count). The smallest absolute Gasteiger partial charge is 0.123 e. The number of nitriles is 1. The van der Waals surface area contributed by atoms with Crippen LogP contribution in [0.25, 0.3) is 11.1 Å². The molecular formula is C13H8FN. The second-order valence-corrected chi connectivity index (χ2v) is 3.17. The van der Waals surface area contributed by atoms with Crippen LogP contribution in [0.5, 0.6) is 0 Å². The molecule has 2 heteroatoms. The Morgan fingerprint density at radius 2 is 1.73 bits per heavy atom. The minimum absolute atomic E-state index is 0.326. The molecule has 0 heterocycles. The van der Waals surface area contributed by atoms with Gasteiger partial charge in [-0.1, -0.05) is 30.3 Å². The maximum absolute atomic E-state index is 13.1. The Morgan fingerprint density at radius 1 is 1.00 bits per heavy atom. The summed E-state index contributed by atoms with van der Waals surface area (Å²) in [5.41, 5.74) is 1.98. The zero-order chi connectivity index (χ0) is 10.7. The van der Waals surface area contributed by atoms with Crippen LogP contribution < -0.4 is 0 Å². The van der Waals surface area contributed by atoms with E-state index in [1.54, 1.807) is 0 Å². The molecule has 2 aromatic carbocycles. The molecule has 0 spiro atoms. The second kappa shape index (κ2) is 3.93. The molecular weight excluding hydrogens is 189 g/mol. The van der Waals surface area contributed by atoms with E-state index in [1.807, 2.05) is 30.3 Å². The fourth-order valence-corrected chi connectivity index (χ4v) is 1.47. The lowest BCUT2D eigenvalue weighted by Crippen LogP contribution is -1.85. The van der Waals surface area contributed by atoms with Crippen LogP contribution in [-0.4, -0.2) is 0 Å². The van der Waals surface area contributed by atoms with Crippen molar-refractivity contribution in [2.45, 2.75) is 0 Å². The third kappa shape index (κ3) is 1.87. The first-order valence-corrected chi connectivity index (χ1v) is 4.56. The summed E-state index contributed by atoms with van der Waals surface area (Å²) in [4.78, 5) is 0. The average molecular weight is 197 g/mol. The third-order valence-electron chi connectivity index (χ3n) is 2.19. The van der Waals surface area contributed by atoms with Crippen molar-refractivity contribution in [3.05, 3.63) is 59.9 Å². The molecule has 0 saturated heterocycles. The minimum Gasteiger partial charge on any atom is -0.207 e. The summed E-state index contributed by atoms with van der Waals surface area (Å²) >= 11 is 0. The van der Waals surface area contributed by atoms with Crippen molar-refractivity contribution in [3.8, 4) is 17.2 Å². The fourth-order valence-electron chi connectivity index (χ4n) is 1.47. The van der Waals surface area contributed by atoms with Crippen LogP contribution in [0, 0.1) is 17.1 Å². The molecule has 0 aliphatic rings. The van der Waals surface area contributed by atoms with Crippen LogP contribution in [0.15, 0.2) is 48.5 Å². The van der Waals surface area contributed by atoms with Gasteiger partial charge in [0.05, 0.1) is 11.6 Å². The van der Waals surface area contributed by atoms with Crippen molar-refractivity contribution in [2.75, 3.05) is 0 Å². The predicted molar refractivity (Wildman–Crippen MR) is 56.6 cm³/mol. The van der Waals surface area contributed by atoms with E-state index in [1.165, 1.54) is 18.2 Å². The number of hydrogen-bond acceptors (Lipinski definition) is 1. The maximum atomic E-state index is 13.1. The quantitative estimate of drug-likeness (QED) is 0.687. The van der Waals surface area contributed by atoms with Crippen LogP contribution >= 0.6 is 0 Å². The molecule has 0 aliphatic carbocycles. The highest BCUT2D eigenvalue weighted by molar-refractivity contribution is 5.70. The Morgan fingerprint density at radius 3 is 2.40 bits per heavy atom. The standard InChI is InChI=1S/C13H8FN/c14-12-7-6-11(9-15)13(8-12)10-4-2-1-3-5-10/h1-8H. The van der Waals surface area contributed by atoms with Gasteiger partial charge in [-0.25, -0.2) is 4.39 Å². The highest BCUT2D eigenvalue weighted by Gasteiger charge is 2.05. The number of halogens is 1. The Bertz CT molecular complexity index is 512. The monoisotopic (exact) mass is 197 g/mol. The molecule has 0 atom stereocenters. The predicted octanol–water partition coefficient (Wildman–Crippen LogP) is 3.36. The SMILES string of the molecule is N#Cc1ccc(F)cc1-c1ccccc1. The molecule has 0 amide bonds. The highest BCUT2D eigenvalue weighted by Crippen LogP contribution is 2.23. The van der Waals surface area contributed by atoms with Crippen LogP contribution in [0.1, 0.15) is 5.56 Å². The van der Waals surface area contributed by atoms with Crippen LogP contribution in [0.4, 0.5) is 4.39 Å². The van der Waals surface area contributed by atoms with Gasteiger partial charge in [0.25, 0.3) is 0 Å². The molecule has 0 aromatic heterocycles. The lowest BCUT2D eigenvalue weighted by atomic mass is 10.0. The van der Waals surface area contributed by atoms with Crippen molar-refractivity contribution in [2.24, 2.45) is 0 Å². The van der Waals surface area contributed by atoms with Gasteiger partial charge < -0.3 is 0 Å². The normalized spacial score (nSPS) is 9.60. The summed E-state index contributed by atoms with van der Waals surface area (Å²) < 4.78 is 13.1. The first-order chi connectivity index (χ1) is 7.31. The van der Waals surface area contributed by atoms with Crippen molar-refractivity contribution in [3.63, 3.8) is 0 Å². The molecule has 0 radical (unpaired) electrons. The van der Waals surface area contributed by atoms with Crippen molar-refractivity contribution in [1.82, 2.24) is 0 Å². The van der Waals surface area contributed by atoms with Gasteiger partial charge in [0.1, 0.15) is 5.82 Å². The molecule has 0 saturated carbocycles. The Hall–Kier alpha value is -2.14. The molecule has 72 valence electrons. The summed E-state index contributed by atoms with van der Waals surface area (Å²) in [5, 5.41) is 8.90. The Balaban J connectivity index is 2.62. The average Bonchev–Trinajstić information content (AvgIpc) is 2.30. The summed E-state index contributed by atoms with van der Waals surface area (Å²) in [6, 6.07) is 15.6. The van der Waals surface area contributed by atoms with Gasteiger partial charge in [0.2, 0.25) is 0 Å². The van der Waals surface area contributed by atoms with Gasteiger partial charge in [-0.15, -0.1) is 0 Å². The van der Waals surface area contributed by atoms with Gasteiger partial charge in [-0.3, -0.25) is 0 Å². The maximum Gasteiger partial charge on any atom is 0.123 e. The lowest BCUT2D eigenvalue weighted by Gasteiger charge is -2.03. The van der Waals surface area contributed by atoms with Gasteiger partial charge in [0.15, 0.2) is 0 Å². The van der Waals surface area contributed by atoms with E-state index in [4.69, 9.17) is 5.26 Å². The molecule has 2 aromatic rings. The third-order valence-corrected chi connectivity index (χ3v) is 2.19. The Kier molecular flexibility index (Phi) is 2.47. The van der Waals surface area contributed by atoms with E-state index in [-0.39, 0.29) is 5.82 Å². The zero-order valence-corrected chi connectivity index (χ0v) is 7.94. The van der Waals surface area contributed by atoms with E-state index >= 15 is 0 Å². The van der Waals surface area contributed by atoms with E-state index in [0.29, 0.717) is 11.1 Å². The zero-order valence-electron chi connectivity index (χ0n) is 7.94. The number of rotatable bonds is 1. The van der Waals surface area contributed by atoms with E-state index in [2.05, 4.69) is 6.07 Å². The Labute approximate surface area is 87.4 Å². The van der Waals surface area contributed by atoms with Crippen molar-refractivity contribution < 1.29 is 4.39 Å². The van der Waals surface area contributed by atoms with Gasteiger partial charge in [-0.2, -0.15) is 5.26 Å². The van der Waals surface area contributed by atoms with Crippen molar-refractivity contribution >= 4 is 0 Å². The fraction of sp³-hybridized carbons (Fsp3) is 0. The highest BCUT2D eigenvalue weighted by atomic mass is 19.1. The summed E-state index contributed by atoms with van der Waals surface area (Å²) in [5.74, 6) is -0.326. The summed E-state index contributed by atoms with van der Waals surface area (Å²) in [6.07, 6.45) is 0. The van der Waals surface area contributed by atoms with E-state index in [0.717, 1.165) is 5.56 Å². The lowest BCUT2D eigenvalue weighted by molar-refractivity contribution is 0.628. The van der Waals surface area contributed by atoms with Crippen LogP contribution in [0.3, 0.4) is 0 Å². The summed E-state index contributed by atoms with van der Waals surface area (Å²) in [6.45, 7) is 0. The van der Waals surface area contributed by atoms with Crippen LogP contribution in [-0.2, 0) is 0 Å². The molecule has 0 bridgehead atoms. The van der Waals surface area contributed by atoms with Crippen LogP contribution in [0.2, 0.25) is 0 Å². The largest absolute Gasteiger partial charge is 0.207 e. The first-order valence-electron chi connectivity index (χ1n) is 4.56. The van der Waals surface area contributed by atoms with E-state index in [9.17, 15) is 4.39 Å². The minimum atomic E-state index is -0.326. The molecule has 15 heavy (non-hydrogen) atoms. The number of nitrogens with zero attached hydrogens (tertiary/aromatic N) is 1. The molecule has 0 unspecified atom stereocenters. The van der Waals surface area contributed by atoms with Gasteiger partial charge in [0, 0.05) is 5.56 Å². The number of benzene rings is 2. The number of hydrogen-bond donors (Lipinski definition) is 0. The first kappa shape index (κ1) is 9.42. The topological polar surface area (TPSA) is 23.8 Å². The molecule has 1 nitrogen and oxygen atoms in total. The van der Waals surface area contributed by atoms with Crippen molar-refractivity contribution in [1.29, 1.82) is 5.26 Å². The second-order valence-electron chi connectivity index (χ2n) is 3.17. The summed E-state index contributed by atoms with van der Waals surface area (Å²) in [7, 11) is 0. The molecule has 0 aliphatic heterocycles. The van der Waals surface area contributed by atoms with Gasteiger partial charge >= 0.3 is 0 Å². The molecule has 0 fully saturated rings. The molecule has 0 N–H and O–H groups in total. The van der Waals surface area contributed by atoms with Gasteiger partial charge in [-0.05, 0) is 23.8 Å². The van der Waals surface area contributed by atoms with E-state index < -0.39 is 0 Å².